The van der Waals surface area contributed by atoms with E-state index in [1.54, 1.807) is 0 Å². The zero-order valence-corrected chi connectivity index (χ0v) is 7.39. The molecule has 0 atom stereocenters. The maximum absolute atomic E-state index is 10.8. The molecule has 0 aliphatic carbocycles. The van der Waals surface area contributed by atoms with Gasteiger partial charge in [-0.1, -0.05) is 6.07 Å². The molecule has 5 heteroatoms. The Morgan fingerprint density at radius 2 is 2.08 bits per heavy atom. The number of aromatic nitrogens is 1. The number of nitrogens with one attached hydrogen (secondary N) is 1. The zero-order valence-electron chi connectivity index (χ0n) is 6.57. The lowest BCUT2D eigenvalue weighted by Crippen LogP contribution is -2.06. The van der Waals surface area contributed by atoms with Crippen molar-refractivity contribution in [2.24, 2.45) is 0 Å². The van der Waals surface area contributed by atoms with Crippen molar-refractivity contribution in [1.82, 2.24) is 4.98 Å². The van der Waals surface area contributed by atoms with Crippen molar-refractivity contribution >= 4 is 9.84 Å². The molecule has 66 valence electrons. The Balaban J connectivity index is 2.93. The predicted molar refractivity (Wildman–Crippen MR) is 45.6 cm³/mol. The average Bonchev–Trinajstić information content (AvgIpc) is 1.91. The standard InChI is InChI=1S/C7H9NO3S/c1-12(10,11)5-6-2-3-7(9)8-4-6/h2-4H,5H2,1H3,(H,8,9). The topological polar surface area (TPSA) is 67.0 Å². The summed E-state index contributed by atoms with van der Waals surface area (Å²) in [6.45, 7) is 0. The molecule has 0 aromatic carbocycles. The summed E-state index contributed by atoms with van der Waals surface area (Å²) in [6, 6.07) is 2.81. The number of hydrogen-bond donors (Lipinski definition) is 1. The second kappa shape index (κ2) is 3.10. The highest BCUT2D eigenvalue weighted by atomic mass is 32.2. The summed E-state index contributed by atoms with van der Waals surface area (Å²) >= 11 is 0. The van der Waals surface area contributed by atoms with Crippen LogP contribution in [0.25, 0.3) is 0 Å². The molecule has 0 unspecified atom stereocenters. The van der Waals surface area contributed by atoms with Gasteiger partial charge in [-0.15, -0.1) is 0 Å². The Kier molecular flexibility index (Phi) is 2.32. The van der Waals surface area contributed by atoms with Gasteiger partial charge in [-0.25, -0.2) is 8.42 Å². The van der Waals surface area contributed by atoms with Crippen molar-refractivity contribution < 1.29 is 8.42 Å². The van der Waals surface area contributed by atoms with E-state index < -0.39 is 9.84 Å². The van der Waals surface area contributed by atoms with E-state index in [1.165, 1.54) is 18.3 Å². The first-order valence-corrected chi connectivity index (χ1v) is 5.39. The van der Waals surface area contributed by atoms with Crippen LogP contribution in [-0.2, 0) is 15.6 Å². The molecule has 0 fully saturated rings. The molecule has 0 spiro atoms. The first-order chi connectivity index (χ1) is 5.47. The molecule has 0 saturated carbocycles. The summed E-state index contributed by atoms with van der Waals surface area (Å²) in [5, 5.41) is 0. The van der Waals surface area contributed by atoms with E-state index in [4.69, 9.17) is 0 Å². The molecule has 0 aliphatic rings. The summed E-state index contributed by atoms with van der Waals surface area (Å²) in [4.78, 5) is 13.0. The van der Waals surface area contributed by atoms with Crippen LogP contribution in [0.4, 0.5) is 0 Å². The normalized spacial score (nSPS) is 11.4. The molecule has 1 rings (SSSR count). The van der Waals surface area contributed by atoms with Gasteiger partial charge in [0.25, 0.3) is 0 Å². The van der Waals surface area contributed by atoms with Crippen LogP contribution in [0, 0.1) is 0 Å². The Morgan fingerprint density at radius 3 is 2.50 bits per heavy atom. The second-order valence-corrected chi connectivity index (χ2v) is 4.77. The summed E-state index contributed by atoms with van der Waals surface area (Å²) in [5.41, 5.74) is 0.365. The average molecular weight is 187 g/mol. The van der Waals surface area contributed by atoms with Gasteiger partial charge in [-0.3, -0.25) is 4.79 Å². The van der Waals surface area contributed by atoms with Crippen LogP contribution in [0.3, 0.4) is 0 Å². The second-order valence-electron chi connectivity index (χ2n) is 2.63. The number of H-pyrrole nitrogens is 1. The highest BCUT2D eigenvalue weighted by Crippen LogP contribution is 1.99. The lowest BCUT2D eigenvalue weighted by Gasteiger charge is -1.96. The molecule has 4 nitrogen and oxygen atoms in total. The zero-order chi connectivity index (χ0) is 9.19. The van der Waals surface area contributed by atoms with E-state index in [0.717, 1.165) is 6.26 Å². The van der Waals surface area contributed by atoms with Gasteiger partial charge in [-0.2, -0.15) is 0 Å². The lowest BCUT2D eigenvalue weighted by molar-refractivity contribution is 0.601. The molecular formula is C7H9NO3S. The van der Waals surface area contributed by atoms with E-state index in [1.807, 2.05) is 0 Å². The van der Waals surface area contributed by atoms with Gasteiger partial charge in [-0.05, 0) is 5.56 Å². The third kappa shape index (κ3) is 2.87. The van der Waals surface area contributed by atoms with Crippen LogP contribution in [0.2, 0.25) is 0 Å². The number of hydrogen-bond acceptors (Lipinski definition) is 3. The van der Waals surface area contributed by atoms with Gasteiger partial charge in [0.15, 0.2) is 9.84 Å². The molecule has 0 bridgehead atoms. The molecule has 0 saturated heterocycles. The van der Waals surface area contributed by atoms with Gasteiger partial charge in [0.2, 0.25) is 5.56 Å². The lowest BCUT2D eigenvalue weighted by atomic mass is 10.3. The smallest absolute Gasteiger partial charge is 0.247 e. The van der Waals surface area contributed by atoms with Crippen molar-refractivity contribution in [3.8, 4) is 0 Å². The van der Waals surface area contributed by atoms with E-state index in [0.29, 0.717) is 5.56 Å². The van der Waals surface area contributed by atoms with Crippen molar-refractivity contribution in [2.75, 3.05) is 6.26 Å². The fourth-order valence-corrected chi connectivity index (χ4v) is 1.62. The number of aromatic amines is 1. The molecule has 12 heavy (non-hydrogen) atoms. The van der Waals surface area contributed by atoms with E-state index in [-0.39, 0.29) is 11.3 Å². The minimum Gasteiger partial charge on any atom is -0.329 e. The molecule has 1 heterocycles. The van der Waals surface area contributed by atoms with Crippen molar-refractivity contribution in [3.63, 3.8) is 0 Å². The van der Waals surface area contributed by atoms with Crippen molar-refractivity contribution in [3.05, 3.63) is 34.2 Å². The molecule has 1 N–H and O–H groups in total. The van der Waals surface area contributed by atoms with E-state index in [2.05, 4.69) is 4.98 Å². The third-order valence-corrected chi connectivity index (χ3v) is 2.14. The first-order valence-electron chi connectivity index (χ1n) is 3.33. The van der Waals surface area contributed by atoms with Crippen LogP contribution in [-0.4, -0.2) is 19.7 Å². The quantitative estimate of drug-likeness (QED) is 0.704. The maximum atomic E-state index is 10.8. The third-order valence-electron chi connectivity index (χ3n) is 1.28. The van der Waals surface area contributed by atoms with Crippen molar-refractivity contribution in [1.29, 1.82) is 0 Å². The van der Waals surface area contributed by atoms with Crippen molar-refractivity contribution in [2.45, 2.75) is 5.75 Å². The first kappa shape index (κ1) is 8.99. The van der Waals surface area contributed by atoms with Gasteiger partial charge in [0, 0.05) is 18.5 Å². The molecule has 1 aromatic heterocycles. The highest BCUT2D eigenvalue weighted by molar-refractivity contribution is 7.89. The number of rotatable bonds is 2. The Hall–Kier alpha value is -1.10. The van der Waals surface area contributed by atoms with E-state index >= 15 is 0 Å². The van der Waals surface area contributed by atoms with Crippen LogP contribution >= 0.6 is 0 Å². The summed E-state index contributed by atoms with van der Waals surface area (Å²) in [6.07, 6.45) is 2.56. The Morgan fingerprint density at radius 1 is 1.42 bits per heavy atom. The molecule has 1 aromatic rings. The molecular weight excluding hydrogens is 178 g/mol. The number of pyridine rings is 1. The minimum absolute atomic E-state index is 0.0379. The predicted octanol–water partition coefficient (Wildman–Crippen LogP) is -0.0805. The minimum atomic E-state index is -3.01. The highest BCUT2D eigenvalue weighted by Gasteiger charge is 2.03. The summed E-state index contributed by atoms with van der Waals surface area (Å²) < 4.78 is 21.6. The monoisotopic (exact) mass is 187 g/mol. The maximum Gasteiger partial charge on any atom is 0.247 e. The molecule has 0 amide bonds. The fraction of sp³-hybridized carbons (Fsp3) is 0.286. The van der Waals surface area contributed by atoms with Crippen LogP contribution in [0.15, 0.2) is 23.1 Å². The summed E-state index contributed by atoms with van der Waals surface area (Å²) in [7, 11) is -3.01. The fourth-order valence-electron chi connectivity index (χ4n) is 0.835. The van der Waals surface area contributed by atoms with E-state index in [9.17, 15) is 13.2 Å². The van der Waals surface area contributed by atoms with Crippen LogP contribution < -0.4 is 5.56 Å². The summed E-state index contributed by atoms with van der Waals surface area (Å²) in [5.74, 6) is -0.0379. The van der Waals surface area contributed by atoms with Gasteiger partial charge < -0.3 is 4.98 Å². The largest absolute Gasteiger partial charge is 0.329 e. The SMILES string of the molecule is CS(=O)(=O)Cc1ccc(=O)[nH]c1. The van der Waals surface area contributed by atoms with Gasteiger partial charge in [0.1, 0.15) is 0 Å². The van der Waals surface area contributed by atoms with Crippen LogP contribution in [0.1, 0.15) is 5.56 Å². The molecule has 0 radical (unpaired) electrons. The van der Waals surface area contributed by atoms with Gasteiger partial charge >= 0.3 is 0 Å². The Bertz CT molecular complexity index is 398. The molecule has 0 aliphatic heterocycles. The van der Waals surface area contributed by atoms with Gasteiger partial charge in [0.05, 0.1) is 5.75 Å². The Labute approximate surface area is 70.2 Å². The van der Waals surface area contributed by atoms with Crippen LogP contribution in [0.5, 0.6) is 0 Å². The number of sulfone groups is 1.